The Kier molecular flexibility index (Phi) is 1.71. The van der Waals surface area contributed by atoms with Crippen LogP contribution in [0, 0.1) is 5.92 Å². The lowest BCUT2D eigenvalue weighted by atomic mass is 9.80. The SMILES string of the molecule is CCCC1CCC2OC2(C)C1. The van der Waals surface area contributed by atoms with Gasteiger partial charge in [-0.25, -0.2) is 0 Å². The molecule has 1 heteroatoms. The van der Waals surface area contributed by atoms with Crippen molar-refractivity contribution in [1.29, 1.82) is 0 Å². The number of fused-ring (bicyclic) bond motifs is 1. The van der Waals surface area contributed by atoms with Crippen molar-refractivity contribution in [2.24, 2.45) is 5.92 Å². The molecule has 1 aliphatic heterocycles. The van der Waals surface area contributed by atoms with Crippen molar-refractivity contribution in [1.82, 2.24) is 0 Å². The Morgan fingerprint density at radius 1 is 1.45 bits per heavy atom. The topological polar surface area (TPSA) is 12.5 Å². The van der Waals surface area contributed by atoms with Crippen molar-refractivity contribution in [3.63, 3.8) is 0 Å². The van der Waals surface area contributed by atoms with Gasteiger partial charge in [-0.2, -0.15) is 0 Å². The highest BCUT2D eigenvalue weighted by atomic mass is 16.6. The van der Waals surface area contributed by atoms with Gasteiger partial charge in [0, 0.05) is 0 Å². The van der Waals surface area contributed by atoms with Gasteiger partial charge < -0.3 is 4.74 Å². The third kappa shape index (κ3) is 1.31. The zero-order valence-corrected chi connectivity index (χ0v) is 7.60. The van der Waals surface area contributed by atoms with E-state index in [1.54, 1.807) is 0 Å². The van der Waals surface area contributed by atoms with Crippen molar-refractivity contribution in [2.45, 2.75) is 57.7 Å². The highest BCUT2D eigenvalue weighted by Crippen LogP contribution is 2.50. The molecule has 0 bridgehead atoms. The van der Waals surface area contributed by atoms with E-state index in [4.69, 9.17) is 4.74 Å². The molecule has 1 saturated carbocycles. The molecule has 0 aromatic rings. The molecule has 3 atom stereocenters. The van der Waals surface area contributed by atoms with Gasteiger partial charge in [-0.3, -0.25) is 0 Å². The van der Waals surface area contributed by atoms with Crippen LogP contribution in [-0.2, 0) is 4.74 Å². The van der Waals surface area contributed by atoms with Crippen LogP contribution in [0.4, 0.5) is 0 Å². The average molecular weight is 154 g/mol. The summed E-state index contributed by atoms with van der Waals surface area (Å²) >= 11 is 0. The summed E-state index contributed by atoms with van der Waals surface area (Å²) in [5, 5.41) is 0. The highest BCUT2D eigenvalue weighted by molar-refractivity contribution is 5.03. The minimum Gasteiger partial charge on any atom is -0.366 e. The molecule has 1 saturated heterocycles. The van der Waals surface area contributed by atoms with Crippen molar-refractivity contribution >= 4 is 0 Å². The third-order valence-electron chi connectivity index (χ3n) is 3.26. The van der Waals surface area contributed by atoms with Crippen LogP contribution in [0.1, 0.15) is 46.0 Å². The molecule has 0 radical (unpaired) electrons. The maximum Gasteiger partial charge on any atom is 0.0923 e. The van der Waals surface area contributed by atoms with E-state index in [1.165, 1.54) is 32.1 Å². The molecule has 3 unspecified atom stereocenters. The van der Waals surface area contributed by atoms with Crippen LogP contribution >= 0.6 is 0 Å². The van der Waals surface area contributed by atoms with Crippen LogP contribution in [0.5, 0.6) is 0 Å². The van der Waals surface area contributed by atoms with Gasteiger partial charge >= 0.3 is 0 Å². The maximum atomic E-state index is 5.64. The highest BCUT2D eigenvalue weighted by Gasteiger charge is 2.54. The van der Waals surface area contributed by atoms with Crippen LogP contribution in [0.3, 0.4) is 0 Å². The molecule has 1 nitrogen and oxygen atoms in total. The largest absolute Gasteiger partial charge is 0.366 e. The van der Waals surface area contributed by atoms with Gasteiger partial charge in [0.25, 0.3) is 0 Å². The fourth-order valence-electron chi connectivity index (χ4n) is 2.55. The van der Waals surface area contributed by atoms with Gasteiger partial charge in [0.1, 0.15) is 0 Å². The zero-order chi connectivity index (χ0) is 7.90. The van der Waals surface area contributed by atoms with E-state index in [2.05, 4.69) is 13.8 Å². The van der Waals surface area contributed by atoms with Crippen molar-refractivity contribution in [2.75, 3.05) is 0 Å². The van der Waals surface area contributed by atoms with Crippen LogP contribution in [0.15, 0.2) is 0 Å². The lowest BCUT2D eigenvalue weighted by Crippen LogP contribution is -2.21. The van der Waals surface area contributed by atoms with Crippen molar-refractivity contribution < 1.29 is 4.74 Å². The van der Waals surface area contributed by atoms with E-state index in [1.807, 2.05) is 0 Å². The van der Waals surface area contributed by atoms with E-state index in [0.717, 1.165) is 5.92 Å². The van der Waals surface area contributed by atoms with Gasteiger partial charge in [-0.1, -0.05) is 19.8 Å². The molecule has 0 N–H and O–H groups in total. The summed E-state index contributed by atoms with van der Waals surface area (Å²) < 4.78 is 5.64. The second-order valence-electron chi connectivity index (χ2n) is 4.36. The quantitative estimate of drug-likeness (QED) is 0.557. The Morgan fingerprint density at radius 3 is 2.91 bits per heavy atom. The molecule has 1 aliphatic carbocycles. The lowest BCUT2D eigenvalue weighted by molar-refractivity contribution is 0.266. The molecule has 0 amide bonds. The number of hydrogen-bond donors (Lipinski definition) is 0. The second-order valence-corrected chi connectivity index (χ2v) is 4.36. The number of rotatable bonds is 2. The van der Waals surface area contributed by atoms with Crippen molar-refractivity contribution in [3.05, 3.63) is 0 Å². The monoisotopic (exact) mass is 154 g/mol. The molecule has 2 aliphatic rings. The first-order chi connectivity index (χ1) is 5.24. The average Bonchev–Trinajstić information content (AvgIpc) is 2.60. The van der Waals surface area contributed by atoms with E-state index < -0.39 is 0 Å². The number of hydrogen-bond acceptors (Lipinski definition) is 1. The summed E-state index contributed by atoms with van der Waals surface area (Å²) in [6.07, 6.45) is 7.44. The van der Waals surface area contributed by atoms with E-state index in [0.29, 0.717) is 11.7 Å². The molecule has 0 aromatic heterocycles. The van der Waals surface area contributed by atoms with Crippen molar-refractivity contribution in [3.8, 4) is 0 Å². The maximum absolute atomic E-state index is 5.64. The Hall–Kier alpha value is -0.0400. The summed E-state index contributed by atoms with van der Waals surface area (Å²) in [4.78, 5) is 0. The third-order valence-corrected chi connectivity index (χ3v) is 3.26. The first kappa shape index (κ1) is 7.60. The van der Waals surface area contributed by atoms with Crippen LogP contribution in [0.2, 0.25) is 0 Å². The minimum absolute atomic E-state index is 0.318. The normalized spacial score (nSPS) is 48.5. The summed E-state index contributed by atoms with van der Waals surface area (Å²) in [5.74, 6) is 0.962. The van der Waals surface area contributed by atoms with Crippen LogP contribution < -0.4 is 0 Å². The molecular formula is C10H18O. The fraction of sp³-hybridized carbons (Fsp3) is 1.00. The van der Waals surface area contributed by atoms with Gasteiger partial charge in [0.2, 0.25) is 0 Å². The Morgan fingerprint density at radius 2 is 2.27 bits per heavy atom. The Balaban J connectivity index is 1.87. The predicted octanol–water partition coefficient (Wildman–Crippen LogP) is 2.74. The first-order valence-corrected chi connectivity index (χ1v) is 4.92. The van der Waals surface area contributed by atoms with Gasteiger partial charge in [0.05, 0.1) is 11.7 Å². The molecule has 1 heterocycles. The smallest absolute Gasteiger partial charge is 0.0923 e. The molecule has 2 rings (SSSR count). The first-order valence-electron chi connectivity index (χ1n) is 4.92. The van der Waals surface area contributed by atoms with Gasteiger partial charge in [-0.05, 0) is 32.1 Å². The van der Waals surface area contributed by atoms with E-state index in [9.17, 15) is 0 Å². The van der Waals surface area contributed by atoms with Crippen LogP contribution in [0.25, 0.3) is 0 Å². The lowest BCUT2D eigenvalue weighted by Gasteiger charge is -2.22. The van der Waals surface area contributed by atoms with E-state index in [-0.39, 0.29) is 0 Å². The summed E-state index contributed by atoms with van der Waals surface area (Å²) in [6.45, 7) is 4.56. The minimum atomic E-state index is 0.318. The molecule has 2 fully saturated rings. The van der Waals surface area contributed by atoms with Crippen LogP contribution in [-0.4, -0.2) is 11.7 Å². The molecule has 0 spiro atoms. The fourth-order valence-corrected chi connectivity index (χ4v) is 2.55. The molecule has 64 valence electrons. The molecular weight excluding hydrogens is 136 g/mol. The Labute approximate surface area is 69.1 Å². The second kappa shape index (κ2) is 2.48. The standard InChI is InChI=1S/C10H18O/c1-3-4-8-5-6-9-10(2,7-8)11-9/h8-9H,3-7H2,1-2H3. The zero-order valence-electron chi connectivity index (χ0n) is 7.60. The van der Waals surface area contributed by atoms with E-state index >= 15 is 0 Å². The summed E-state index contributed by atoms with van der Waals surface area (Å²) in [5.41, 5.74) is 0.318. The van der Waals surface area contributed by atoms with Gasteiger partial charge in [-0.15, -0.1) is 0 Å². The van der Waals surface area contributed by atoms with Gasteiger partial charge in [0.15, 0.2) is 0 Å². The summed E-state index contributed by atoms with van der Waals surface area (Å²) in [6, 6.07) is 0. The number of ether oxygens (including phenoxy) is 1. The molecule has 0 aromatic carbocycles. The predicted molar refractivity (Wildman–Crippen MR) is 45.5 cm³/mol. The Bertz CT molecular complexity index is 155. The summed E-state index contributed by atoms with van der Waals surface area (Å²) in [7, 11) is 0. The number of epoxide rings is 1. The molecule has 11 heavy (non-hydrogen) atoms.